The zero-order valence-corrected chi connectivity index (χ0v) is 18.5. The highest BCUT2D eigenvalue weighted by Crippen LogP contribution is 2.36. The molecule has 0 N–H and O–H groups in total. The monoisotopic (exact) mass is 429 g/mol. The van der Waals surface area contributed by atoms with Gasteiger partial charge in [0.2, 0.25) is 0 Å². The van der Waals surface area contributed by atoms with Crippen LogP contribution in [0.1, 0.15) is 34.0 Å². The zero-order chi connectivity index (χ0) is 21.0. The molecule has 1 aliphatic carbocycles. The van der Waals surface area contributed by atoms with Crippen LogP contribution < -0.4 is 0 Å². The maximum atomic E-state index is 6.27. The lowest BCUT2D eigenvalue weighted by Crippen LogP contribution is -2.47. The van der Waals surface area contributed by atoms with Crippen molar-refractivity contribution in [1.29, 1.82) is 0 Å². The van der Waals surface area contributed by atoms with Crippen LogP contribution >= 0.6 is 11.6 Å². The van der Waals surface area contributed by atoms with Crippen LogP contribution in [0.15, 0.2) is 72.9 Å². The van der Waals surface area contributed by atoms with Crippen LogP contribution in [0, 0.1) is 0 Å². The first-order chi connectivity index (χ1) is 15.3. The van der Waals surface area contributed by atoms with E-state index in [1.807, 2.05) is 24.4 Å². The lowest BCUT2D eigenvalue weighted by atomic mass is 9.94. The average Bonchev–Trinajstić information content (AvgIpc) is 2.98. The Bertz CT molecular complexity index is 1020. The number of hydrogen-bond donors (Lipinski definition) is 0. The maximum absolute atomic E-state index is 6.27. The van der Waals surface area contributed by atoms with E-state index in [4.69, 9.17) is 16.6 Å². The molecule has 2 heterocycles. The molecule has 1 unspecified atom stereocenters. The van der Waals surface area contributed by atoms with Gasteiger partial charge in [0.15, 0.2) is 0 Å². The smallest absolute Gasteiger partial charge is 0.0623 e. The van der Waals surface area contributed by atoms with Crippen molar-refractivity contribution >= 4 is 17.7 Å². The van der Waals surface area contributed by atoms with Crippen molar-refractivity contribution in [2.75, 3.05) is 32.7 Å². The van der Waals surface area contributed by atoms with Crippen LogP contribution in [0.25, 0.3) is 6.08 Å². The Labute approximate surface area is 190 Å². The number of halogens is 1. The lowest BCUT2D eigenvalue weighted by molar-refractivity contribution is 0.117. The lowest BCUT2D eigenvalue weighted by Gasteiger charge is -2.40. The molecule has 1 aliphatic heterocycles. The van der Waals surface area contributed by atoms with Crippen molar-refractivity contribution in [3.05, 3.63) is 106 Å². The number of aromatic nitrogens is 1. The summed E-state index contributed by atoms with van der Waals surface area (Å²) in [5.41, 5.74) is 6.66. The molecule has 3 nitrogen and oxygen atoms in total. The van der Waals surface area contributed by atoms with Gasteiger partial charge in [0, 0.05) is 49.6 Å². The predicted octanol–water partition coefficient (Wildman–Crippen LogP) is 5.25. The Balaban J connectivity index is 1.30. The average molecular weight is 430 g/mol. The van der Waals surface area contributed by atoms with E-state index in [1.54, 1.807) is 0 Å². The Morgan fingerprint density at radius 2 is 1.65 bits per heavy atom. The number of benzene rings is 2. The predicted molar refractivity (Wildman–Crippen MR) is 128 cm³/mol. The highest BCUT2D eigenvalue weighted by Gasteiger charge is 2.31. The van der Waals surface area contributed by atoms with Crippen LogP contribution in [0.5, 0.6) is 0 Å². The van der Waals surface area contributed by atoms with Gasteiger partial charge in [-0.1, -0.05) is 72.3 Å². The van der Waals surface area contributed by atoms with Crippen LogP contribution in [0.4, 0.5) is 0 Å². The number of hydrogen-bond acceptors (Lipinski definition) is 3. The van der Waals surface area contributed by atoms with E-state index in [-0.39, 0.29) is 0 Å². The van der Waals surface area contributed by atoms with Crippen molar-refractivity contribution in [3.63, 3.8) is 0 Å². The van der Waals surface area contributed by atoms with Gasteiger partial charge in [0.25, 0.3) is 0 Å². The highest BCUT2D eigenvalue weighted by molar-refractivity contribution is 6.32. The van der Waals surface area contributed by atoms with Gasteiger partial charge in [-0.25, -0.2) is 0 Å². The summed E-state index contributed by atoms with van der Waals surface area (Å²) in [6, 6.07) is 21.7. The number of piperazine rings is 1. The Morgan fingerprint density at radius 1 is 0.871 bits per heavy atom. The van der Waals surface area contributed by atoms with E-state index in [9.17, 15) is 0 Å². The van der Waals surface area contributed by atoms with Gasteiger partial charge in [-0.05, 0) is 47.2 Å². The minimum Gasteiger partial charge on any atom is -0.297 e. The molecule has 0 bridgehead atoms. The van der Waals surface area contributed by atoms with E-state index in [1.165, 1.54) is 22.4 Å². The molecule has 3 aromatic rings. The molecule has 1 fully saturated rings. The minimum absolute atomic E-state index is 0.309. The summed E-state index contributed by atoms with van der Waals surface area (Å²) in [4.78, 5) is 9.92. The standard InChI is InChI=1S/C27H28ClN3/c28-25-12-4-2-8-22(25)9-6-16-30-17-19-31(20-18-30)27-23-10-3-1-7-21(23)13-14-26-24(27)11-5-15-29-26/h1-12,15,27H,13-14,16-20H2/b9-6+. The quantitative estimate of drug-likeness (QED) is 0.564. The molecular weight excluding hydrogens is 402 g/mol. The second-order valence-corrected chi connectivity index (χ2v) is 8.81. The molecule has 0 amide bonds. The fraction of sp³-hybridized carbons (Fsp3) is 0.296. The van der Waals surface area contributed by atoms with Crippen LogP contribution in [-0.4, -0.2) is 47.5 Å². The SMILES string of the molecule is Clc1ccccc1/C=C/CN1CCN(C2c3ccccc3CCc3ncccc32)CC1. The Morgan fingerprint density at radius 3 is 2.52 bits per heavy atom. The normalized spacial score (nSPS) is 19.7. The molecule has 2 aromatic carbocycles. The molecule has 5 rings (SSSR count). The van der Waals surface area contributed by atoms with Crippen molar-refractivity contribution in [2.24, 2.45) is 0 Å². The van der Waals surface area contributed by atoms with Crippen LogP contribution in [-0.2, 0) is 12.8 Å². The summed E-state index contributed by atoms with van der Waals surface area (Å²) in [5, 5.41) is 0.808. The largest absolute Gasteiger partial charge is 0.297 e. The van der Waals surface area contributed by atoms with Gasteiger partial charge in [-0.3, -0.25) is 14.8 Å². The van der Waals surface area contributed by atoms with Gasteiger partial charge >= 0.3 is 0 Å². The third-order valence-corrected chi connectivity index (χ3v) is 6.88. The Kier molecular flexibility index (Phi) is 6.17. The zero-order valence-electron chi connectivity index (χ0n) is 17.8. The molecule has 4 heteroatoms. The van der Waals surface area contributed by atoms with E-state index in [0.29, 0.717) is 6.04 Å². The summed E-state index contributed by atoms with van der Waals surface area (Å²) >= 11 is 6.27. The Hall–Kier alpha value is -2.46. The molecule has 158 valence electrons. The number of fused-ring (bicyclic) bond motifs is 2. The van der Waals surface area contributed by atoms with Gasteiger partial charge < -0.3 is 0 Å². The van der Waals surface area contributed by atoms with Gasteiger partial charge in [0.1, 0.15) is 0 Å². The van der Waals surface area contributed by atoms with Crippen LogP contribution in [0.3, 0.4) is 0 Å². The fourth-order valence-corrected chi connectivity index (χ4v) is 5.09. The molecule has 0 radical (unpaired) electrons. The molecule has 1 atom stereocenters. The van der Waals surface area contributed by atoms with Gasteiger partial charge in [-0.15, -0.1) is 0 Å². The van der Waals surface area contributed by atoms with E-state index in [2.05, 4.69) is 64.4 Å². The van der Waals surface area contributed by atoms with Gasteiger partial charge in [-0.2, -0.15) is 0 Å². The number of rotatable bonds is 4. The third kappa shape index (κ3) is 4.45. The molecule has 2 aliphatic rings. The number of pyridine rings is 1. The molecule has 0 spiro atoms. The highest BCUT2D eigenvalue weighted by atomic mass is 35.5. The van der Waals surface area contributed by atoms with Crippen molar-refractivity contribution in [3.8, 4) is 0 Å². The number of nitrogens with zero attached hydrogens (tertiary/aromatic N) is 3. The molecular formula is C27H28ClN3. The fourth-order valence-electron chi connectivity index (χ4n) is 4.89. The third-order valence-electron chi connectivity index (χ3n) is 6.54. The molecule has 31 heavy (non-hydrogen) atoms. The van der Waals surface area contributed by atoms with E-state index >= 15 is 0 Å². The summed E-state index contributed by atoms with van der Waals surface area (Å²) in [5.74, 6) is 0. The maximum Gasteiger partial charge on any atom is 0.0623 e. The number of aryl methyl sites for hydroxylation is 2. The molecule has 0 saturated carbocycles. The van der Waals surface area contributed by atoms with Crippen LogP contribution in [0.2, 0.25) is 5.02 Å². The molecule has 1 aromatic heterocycles. The summed E-state index contributed by atoms with van der Waals surface area (Å²) < 4.78 is 0. The second-order valence-electron chi connectivity index (χ2n) is 8.40. The van der Waals surface area contributed by atoms with E-state index < -0.39 is 0 Å². The first-order valence-corrected chi connectivity index (χ1v) is 11.6. The first kappa shape index (κ1) is 20.4. The summed E-state index contributed by atoms with van der Waals surface area (Å²) in [7, 11) is 0. The van der Waals surface area contributed by atoms with Crippen molar-refractivity contribution in [2.45, 2.75) is 18.9 Å². The van der Waals surface area contributed by atoms with Crippen molar-refractivity contribution < 1.29 is 0 Å². The second kappa shape index (κ2) is 9.35. The topological polar surface area (TPSA) is 19.4 Å². The molecule has 1 saturated heterocycles. The summed E-state index contributed by atoms with van der Waals surface area (Å²) in [6.45, 7) is 5.22. The van der Waals surface area contributed by atoms with Gasteiger partial charge in [0.05, 0.1) is 6.04 Å². The van der Waals surface area contributed by atoms with Crippen molar-refractivity contribution in [1.82, 2.24) is 14.8 Å². The first-order valence-electron chi connectivity index (χ1n) is 11.2. The minimum atomic E-state index is 0.309. The van der Waals surface area contributed by atoms with E-state index in [0.717, 1.165) is 56.2 Å². The summed E-state index contributed by atoms with van der Waals surface area (Å²) in [6.07, 6.45) is 8.41.